The molecule has 3 atom stereocenters. The van der Waals surface area contributed by atoms with Crippen molar-refractivity contribution >= 4 is 11.8 Å². The van der Waals surface area contributed by atoms with Gasteiger partial charge in [-0.25, -0.2) is 0 Å². The molecule has 0 saturated heterocycles. The number of rotatable bonds is 12. The van der Waals surface area contributed by atoms with Crippen molar-refractivity contribution in [3.8, 4) is 0 Å². The van der Waals surface area contributed by atoms with Gasteiger partial charge < -0.3 is 9.84 Å². The Morgan fingerprint density at radius 1 is 1.20 bits per heavy atom. The van der Waals surface area contributed by atoms with E-state index < -0.39 is 6.10 Å². The van der Waals surface area contributed by atoms with E-state index in [9.17, 15) is 14.7 Å². The minimum absolute atomic E-state index is 0.0680. The van der Waals surface area contributed by atoms with Gasteiger partial charge in [0.25, 0.3) is 0 Å². The van der Waals surface area contributed by atoms with Crippen molar-refractivity contribution in [3.05, 3.63) is 72.4 Å². The zero-order valence-electron chi connectivity index (χ0n) is 18.1. The highest BCUT2D eigenvalue weighted by atomic mass is 16.5. The summed E-state index contributed by atoms with van der Waals surface area (Å²) in [6.07, 6.45) is 15.0. The van der Waals surface area contributed by atoms with Crippen LogP contribution >= 0.6 is 0 Å². The fraction of sp³-hybridized carbons (Fsp3) is 0.462. The highest BCUT2D eigenvalue weighted by Crippen LogP contribution is 2.27. The second-order valence-corrected chi connectivity index (χ2v) is 8.07. The van der Waals surface area contributed by atoms with Gasteiger partial charge in [0.15, 0.2) is 5.78 Å². The van der Waals surface area contributed by atoms with E-state index in [0.29, 0.717) is 12.8 Å². The average molecular weight is 411 g/mol. The summed E-state index contributed by atoms with van der Waals surface area (Å²) in [7, 11) is 0. The molecule has 0 saturated carbocycles. The third-order valence-electron chi connectivity index (χ3n) is 5.10. The molecular formula is C26H34O4. The van der Waals surface area contributed by atoms with Crippen LogP contribution in [0, 0.1) is 11.8 Å². The quantitative estimate of drug-likeness (QED) is 0.300. The van der Waals surface area contributed by atoms with E-state index in [2.05, 4.69) is 24.3 Å². The molecule has 1 N–H and O–H groups in total. The number of aliphatic hydroxyl groups excluding tert-OH is 1. The zero-order chi connectivity index (χ0) is 21.8. The largest absolute Gasteiger partial charge is 0.463 e. The molecule has 1 aliphatic rings. The molecule has 4 nitrogen and oxygen atoms in total. The van der Waals surface area contributed by atoms with E-state index in [-0.39, 0.29) is 29.7 Å². The molecular weight excluding hydrogens is 376 g/mol. The number of carbonyl (C=O) groups excluding carboxylic acids is 2. The van der Waals surface area contributed by atoms with Crippen LogP contribution in [0.1, 0.15) is 51.5 Å². The Labute approximate surface area is 180 Å². The first-order chi connectivity index (χ1) is 14.5. The van der Waals surface area contributed by atoms with Gasteiger partial charge in [-0.1, -0.05) is 60.7 Å². The van der Waals surface area contributed by atoms with Crippen LogP contribution in [0.4, 0.5) is 0 Å². The first-order valence-electron chi connectivity index (χ1n) is 10.9. The predicted molar refractivity (Wildman–Crippen MR) is 120 cm³/mol. The number of benzene rings is 1. The number of allylic oxidation sites excluding steroid dienone is 5. The Morgan fingerprint density at radius 3 is 2.70 bits per heavy atom. The molecule has 1 aromatic rings. The summed E-state index contributed by atoms with van der Waals surface area (Å²) >= 11 is 0. The fourth-order valence-electron chi connectivity index (χ4n) is 3.48. The number of ether oxygens (including phenoxy) is 1. The number of esters is 1. The molecule has 0 amide bonds. The maximum absolute atomic E-state index is 12.2. The minimum Gasteiger partial charge on any atom is -0.463 e. The van der Waals surface area contributed by atoms with Gasteiger partial charge in [0.1, 0.15) is 0 Å². The van der Waals surface area contributed by atoms with Gasteiger partial charge in [-0.05, 0) is 63.5 Å². The topological polar surface area (TPSA) is 63.6 Å². The molecule has 162 valence electrons. The highest BCUT2D eigenvalue weighted by Gasteiger charge is 2.26. The molecule has 1 aromatic carbocycles. The normalized spacial score (nSPS) is 19.9. The summed E-state index contributed by atoms with van der Waals surface area (Å²) in [4.78, 5) is 23.7. The van der Waals surface area contributed by atoms with Crippen LogP contribution < -0.4 is 0 Å². The molecule has 30 heavy (non-hydrogen) atoms. The van der Waals surface area contributed by atoms with Crippen molar-refractivity contribution in [2.75, 3.05) is 0 Å². The predicted octanol–water partition coefficient (Wildman–Crippen LogP) is 4.98. The first-order valence-corrected chi connectivity index (χ1v) is 10.9. The summed E-state index contributed by atoms with van der Waals surface area (Å²) < 4.78 is 5.11. The first kappa shape index (κ1) is 23.8. The number of hydrogen-bond acceptors (Lipinski definition) is 4. The third kappa shape index (κ3) is 8.91. The number of carbonyl (C=O) groups is 2. The van der Waals surface area contributed by atoms with Crippen LogP contribution in [0.2, 0.25) is 0 Å². The lowest BCUT2D eigenvalue weighted by Crippen LogP contribution is -2.14. The Balaban J connectivity index is 1.71. The van der Waals surface area contributed by atoms with E-state index in [1.165, 1.54) is 5.56 Å². The van der Waals surface area contributed by atoms with Crippen molar-refractivity contribution in [2.45, 2.75) is 64.6 Å². The molecule has 0 radical (unpaired) electrons. The van der Waals surface area contributed by atoms with Gasteiger partial charge in [-0.2, -0.15) is 0 Å². The number of ketones is 1. The Bertz CT molecular complexity index is 746. The maximum Gasteiger partial charge on any atom is 0.306 e. The van der Waals surface area contributed by atoms with E-state index in [1.807, 2.05) is 44.2 Å². The summed E-state index contributed by atoms with van der Waals surface area (Å²) in [6.45, 7) is 3.70. The number of unbranched alkanes of at least 4 members (excludes halogenated alkanes) is 1. The second kappa shape index (κ2) is 13.0. The number of aliphatic hydroxyl groups is 1. The number of hydrogen-bond donors (Lipinski definition) is 1. The zero-order valence-corrected chi connectivity index (χ0v) is 18.1. The Morgan fingerprint density at radius 2 is 1.97 bits per heavy atom. The van der Waals surface area contributed by atoms with Crippen molar-refractivity contribution in [1.82, 2.24) is 0 Å². The van der Waals surface area contributed by atoms with Crippen molar-refractivity contribution in [3.63, 3.8) is 0 Å². The lowest BCUT2D eigenvalue weighted by atomic mass is 9.90. The maximum atomic E-state index is 12.2. The monoisotopic (exact) mass is 410 g/mol. The third-order valence-corrected chi connectivity index (χ3v) is 5.10. The Kier molecular flexibility index (Phi) is 10.3. The van der Waals surface area contributed by atoms with E-state index in [4.69, 9.17) is 4.74 Å². The van der Waals surface area contributed by atoms with E-state index in [0.717, 1.165) is 25.7 Å². The second-order valence-electron chi connectivity index (χ2n) is 8.07. The molecule has 0 aromatic heterocycles. The molecule has 0 unspecified atom stereocenters. The van der Waals surface area contributed by atoms with Crippen molar-refractivity contribution < 1.29 is 19.4 Å². The lowest BCUT2D eigenvalue weighted by molar-refractivity contribution is -0.147. The van der Waals surface area contributed by atoms with Gasteiger partial charge in [0, 0.05) is 12.3 Å². The fourth-order valence-corrected chi connectivity index (χ4v) is 3.48. The molecule has 1 aliphatic carbocycles. The summed E-state index contributed by atoms with van der Waals surface area (Å²) in [5, 5.41) is 10.2. The molecule has 0 heterocycles. The van der Waals surface area contributed by atoms with Gasteiger partial charge in [-0.15, -0.1) is 0 Å². The van der Waals surface area contributed by atoms with Crippen LogP contribution in [0.3, 0.4) is 0 Å². The van der Waals surface area contributed by atoms with Gasteiger partial charge in [0.05, 0.1) is 12.2 Å². The van der Waals surface area contributed by atoms with Gasteiger partial charge in [0.2, 0.25) is 0 Å². The molecule has 2 rings (SSSR count). The Hall–Kier alpha value is -2.46. The SMILES string of the molecule is CC(C)OC(=O)CCC/C=C/C[C@H]1C=CC(=O)[C@@H]1/C=C/[C@@H](O)CCc1ccccc1. The lowest BCUT2D eigenvalue weighted by Gasteiger charge is -2.13. The summed E-state index contributed by atoms with van der Waals surface area (Å²) in [6, 6.07) is 10.1. The minimum atomic E-state index is -0.555. The molecule has 0 bridgehead atoms. The molecule has 0 aliphatic heterocycles. The standard InChI is InChI=1S/C26H34O4/c1-20(2)30-26(29)13-9-4-3-8-12-22-15-19-25(28)24(22)18-17-23(27)16-14-21-10-6-5-7-11-21/h3,5-8,10-11,15,17-20,22-24,27H,4,9,12-14,16H2,1-2H3/b8-3+,18-17+/t22-,23-,24+/m0/s1. The molecule has 4 heteroatoms. The van der Waals surface area contributed by atoms with Crippen LogP contribution in [0.5, 0.6) is 0 Å². The van der Waals surface area contributed by atoms with Crippen LogP contribution in [0.25, 0.3) is 0 Å². The average Bonchev–Trinajstić information content (AvgIpc) is 3.07. The number of aryl methyl sites for hydroxylation is 1. The van der Waals surface area contributed by atoms with Crippen LogP contribution in [-0.4, -0.2) is 29.1 Å². The summed E-state index contributed by atoms with van der Waals surface area (Å²) in [5.41, 5.74) is 1.20. The molecule has 0 spiro atoms. The van der Waals surface area contributed by atoms with Crippen LogP contribution in [0.15, 0.2) is 66.8 Å². The van der Waals surface area contributed by atoms with Gasteiger partial charge >= 0.3 is 5.97 Å². The van der Waals surface area contributed by atoms with Crippen molar-refractivity contribution in [1.29, 1.82) is 0 Å². The summed E-state index contributed by atoms with van der Waals surface area (Å²) in [5.74, 6) is -0.144. The van der Waals surface area contributed by atoms with E-state index >= 15 is 0 Å². The van der Waals surface area contributed by atoms with Crippen molar-refractivity contribution in [2.24, 2.45) is 11.8 Å². The highest BCUT2D eigenvalue weighted by molar-refractivity contribution is 5.95. The van der Waals surface area contributed by atoms with Gasteiger partial charge in [-0.3, -0.25) is 9.59 Å². The molecule has 0 fully saturated rings. The van der Waals surface area contributed by atoms with Crippen LogP contribution in [-0.2, 0) is 20.7 Å². The van der Waals surface area contributed by atoms with E-state index in [1.54, 1.807) is 12.2 Å². The smallest absolute Gasteiger partial charge is 0.306 e.